The first kappa shape index (κ1) is 18.4. The Balaban J connectivity index is 1.69. The molecule has 4 rings (SSSR count). The highest BCUT2D eigenvalue weighted by atomic mass is 32.1. The van der Waals surface area contributed by atoms with Crippen molar-refractivity contribution in [1.82, 2.24) is 10.6 Å². The molecule has 0 spiro atoms. The smallest absolute Gasteiger partial charge is 0.236 e. The van der Waals surface area contributed by atoms with Crippen LogP contribution in [0, 0.1) is 5.92 Å². The first-order valence-corrected chi connectivity index (χ1v) is 9.25. The number of anilines is 1. The van der Waals surface area contributed by atoms with E-state index in [1.165, 1.54) is 0 Å². The second kappa shape index (κ2) is 6.87. The Bertz CT molecular complexity index is 934. The van der Waals surface area contributed by atoms with Gasteiger partial charge < -0.3 is 30.2 Å². The lowest BCUT2D eigenvalue weighted by Gasteiger charge is -2.50. The van der Waals surface area contributed by atoms with Gasteiger partial charge in [0.2, 0.25) is 5.91 Å². The van der Waals surface area contributed by atoms with Gasteiger partial charge in [-0.3, -0.25) is 4.79 Å². The monoisotopic (exact) mass is 399 g/mol. The molecule has 28 heavy (non-hydrogen) atoms. The maximum Gasteiger partial charge on any atom is 0.236 e. The minimum atomic E-state index is -1.02. The molecule has 8 heteroatoms. The van der Waals surface area contributed by atoms with Gasteiger partial charge in [-0.25, -0.2) is 0 Å². The summed E-state index contributed by atoms with van der Waals surface area (Å²) >= 11 is 5.34. The molecule has 2 aliphatic rings. The van der Waals surface area contributed by atoms with Crippen molar-refractivity contribution >= 4 is 28.9 Å². The van der Waals surface area contributed by atoms with Crippen LogP contribution in [0.2, 0.25) is 0 Å². The van der Waals surface area contributed by atoms with Gasteiger partial charge >= 0.3 is 0 Å². The van der Waals surface area contributed by atoms with Gasteiger partial charge in [-0.05, 0) is 49.5 Å². The standard InChI is InChI=1S/C20H21N3O4S/c1-20-15(18(24)21-11-7-9-12(25-2)10-8-11)16(22-19(28)23-20)13-5-4-6-14(26-3)17(13)27-20/h4-10,15-16H,1-3H3,(H,21,24)(H2,22,23,28)/t15-,16+,20+/m1/s1. The summed E-state index contributed by atoms with van der Waals surface area (Å²) in [5.41, 5.74) is 0.479. The summed E-state index contributed by atoms with van der Waals surface area (Å²) in [4.78, 5) is 13.2. The Morgan fingerprint density at radius 3 is 2.61 bits per heavy atom. The molecule has 3 N–H and O–H groups in total. The molecular weight excluding hydrogens is 378 g/mol. The first-order valence-electron chi connectivity index (χ1n) is 8.84. The second-order valence-corrected chi connectivity index (χ2v) is 7.27. The van der Waals surface area contributed by atoms with E-state index < -0.39 is 11.6 Å². The van der Waals surface area contributed by atoms with E-state index in [-0.39, 0.29) is 11.9 Å². The summed E-state index contributed by atoms with van der Waals surface area (Å²) in [5, 5.41) is 9.73. The molecule has 0 unspecified atom stereocenters. The van der Waals surface area contributed by atoms with Crippen LogP contribution in [-0.2, 0) is 4.79 Å². The number of nitrogens with one attached hydrogen (secondary N) is 3. The number of hydrogen-bond donors (Lipinski definition) is 3. The van der Waals surface area contributed by atoms with E-state index in [1.54, 1.807) is 38.5 Å². The van der Waals surface area contributed by atoms with E-state index >= 15 is 0 Å². The number of benzene rings is 2. The summed E-state index contributed by atoms with van der Waals surface area (Å²) < 4.78 is 16.8. The van der Waals surface area contributed by atoms with Crippen LogP contribution in [0.4, 0.5) is 5.69 Å². The average molecular weight is 399 g/mol. The van der Waals surface area contributed by atoms with Crippen LogP contribution < -0.4 is 30.2 Å². The lowest BCUT2D eigenvalue weighted by molar-refractivity contribution is -0.132. The number of hydrogen-bond acceptors (Lipinski definition) is 5. The highest BCUT2D eigenvalue weighted by Gasteiger charge is 2.55. The summed E-state index contributed by atoms with van der Waals surface area (Å²) in [6.07, 6.45) is 0. The molecule has 7 nitrogen and oxygen atoms in total. The molecule has 0 aliphatic carbocycles. The largest absolute Gasteiger partial charge is 0.497 e. The van der Waals surface area contributed by atoms with Crippen LogP contribution in [0.25, 0.3) is 0 Å². The molecule has 0 aromatic heterocycles. The summed E-state index contributed by atoms with van der Waals surface area (Å²) in [6, 6.07) is 12.4. The SMILES string of the molecule is COc1ccc(NC(=O)[C@H]2[C@H]3NC(=S)N[C@@]2(C)Oc2c(OC)cccc23)cc1. The van der Waals surface area contributed by atoms with Crippen molar-refractivity contribution in [2.24, 2.45) is 5.92 Å². The third kappa shape index (κ3) is 2.99. The van der Waals surface area contributed by atoms with Gasteiger partial charge in [0, 0.05) is 11.3 Å². The van der Waals surface area contributed by atoms with Crippen molar-refractivity contribution in [3.8, 4) is 17.2 Å². The van der Waals surface area contributed by atoms with E-state index in [0.29, 0.717) is 22.3 Å². The molecule has 1 saturated heterocycles. The van der Waals surface area contributed by atoms with E-state index in [9.17, 15) is 4.79 Å². The Hall–Kier alpha value is -3.00. The molecule has 1 fully saturated rings. The molecule has 0 saturated carbocycles. The predicted octanol–water partition coefficient (Wildman–Crippen LogP) is 2.59. The van der Waals surface area contributed by atoms with Gasteiger partial charge in [0.1, 0.15) is 11.7 Å². The maximum absolute atomic E-state index is 13.2. The summed E-state index contributed by atoms with van der Waals surface area (Å²) in [6.45, 7) is 1.82. The van der Waals surface area contributed by atoms with Gasteiger partial charge in [0.25, 0.3) is 0 Å². The Kier molecular flexibility index (Phi) is 4.50. The van der Waals surface area contributed by atoms with Crippen molar-refractivity contribution in [1.29, 1.82) is 0 Å². The van der Waals surface area contributed by atoms with Gasteiger partial charge in [-0.2, -0.15) is 0 Å². The number of fused-ring (bicyclic) bond motifs is 4. The predicted molar refractivity (Wildman–Crippen MR) is 109 cm³/mol. The molecule has 146 valence electrons. The Labute approximate surface area is 168 Å². The molecule has 2 aromatic rings. The quantitative estimate of drug-likeness (QED) is 0.682. The Morgan fingerprint density at radius 1 is 1.18 bits per heavy atom. The minimum Gasteiger partial charge on any atom is -0.497 e. The van der Waals surface area contributed by atoms with Gasteiger partial charge in [-0.1, -0.05) is 12.1 Å². The number of ether oxygens (including phenoxy) is 3. The van der Waals surface area contributed by atoms with E-state index in [4.69, 9.17) is 26.4 Å². The third-order valence-electron chi connectivity index (χ3n) is 5.09. The fourth-order valence-corrected chi connectivity index (χ4v) is 4.11. The number of methoxy groups -OCH3 is 2. The molecule has 2 heterocycles. The minimum absolute atomic E-state index is 0.186. The van der Waals surface area contributed by atoms with Crippen molar-refractivity contribution in [3.63, 3.8) is 0 Å². The number of rotatable bonds is 4. The number of carbonyl (C=O) groups is 1. The normalized spacial score (nSPS) is 24.8. The molecule has 0 radical (unpaired) electrons. The number of para-hydroxylation sites is 1. The van der Waals surface area contributed by atoms with E-state index in [0.717, 1.165) is 11.3 Å². The summed E-state index contributed by atoms with van der Waals surface area (Å²) in [7, 11) is 3.19. The van der Waals surface area contributed by atoms with Crippen molar-refractivity contribution < 1.29 is 19.0 Å². The van der Waals surface area contributed by atoms with Gasteiger partial charge in [0.15, 0.2) is 22.3 Å². The fraction of sp³-hybridized carbons (Fsp3) is 0.300. The highest BCUT2D eigenvalue weighted by molar-refractivity contribution is 7.80. The number of carbonyl (C=O) groups excluding carboxylic acids is 1. The van der Waals surface area contributed by atoms with E-state index in [2.05, 4.69) is 16.0 Å². The topological polar surface area (TPSA) is 80.9 Å². The Morgan fingerprint density at radius 2 is 1.93 bits per heavy atom. The lowest BCUT2D eigenvalue weighted by atomic mass is 9.79. The van der Waals surface area contributed by atoms with Gasteiger partial charge in [-0.15, -0.1) is 0 Å². The zero-order chi connectivity index (χ0) is 19.9. The maximum atomic E-state index is 13.2. The zero-order valence-corrected chi connectivity index (χ0v) is 16.6. The molecular formula is C20H21N3O4S. The molecule has 1 amide bonds. The van der Waals surface area contributed by atoms with Crippen LogP contribution in [0.5, 0.6) is 17.2 Å². The molecule has 2 aliphatic heterocycles. The number of amides is 1. The fourth-order valence-electron chi connectivity index (χ4n) is 3.78. The van der Waals surface area contributed by atoms with Crippen LogP contribution in [0.3, 0.4) is 0 Å². The van der Waals surface area contributed by atoms with Crippen molar-refractivity contribution in [2.45, 2.75) is 18.7 Å². The van der Waals surface area contributed by atoms with Crippen LogP contribution in [0.15, 0.2) is 42.5 Å². The van der Waals surface area contributed by atoms with Crippen molar-refractivity contribution in [3.05, 3.63) is 48.0 Å². The second-order valence-electron chi connectivity index (χ2n) is 6.86. The van der Waals surface area contributed by atoms with E-state index in [1.807, 2.05) is 25.1 Å². The van der Waals surface area contributed by atoms with Crippen LogP contribution >= 0.6 is 12.2 Å². The van der Waals surface area contributed by atoms with Gasteiger partial charge in [0.05, 0.1) is 20.3 Å². The zero-order valence-electron chi connectivity index (χ0n) is 15.7. The summed E-state index contributed by atoms with van der Waals surface area (Å²) in [5.74, 6) is 1.18. The third-order valence-corrected chi connectivity index (χ3v) is 5.31. The molecule has 2 bridgehead atoms. The van der Waals surface area contributed by atoms with Crippen LogP contribution in [-0.4, -0.2) is 31.0 Å². The lowest BCUT2D eigenvalue weighted by Crippen LogP contribution is -2.70. The van der Waals surface area contributed by atoms with Crippen molar-refractivity contribution in [2.75, 3.05) is 19.5 Å². The number of thiocarbonyl (C=S) groups is 1. The molecule has 3 atom stereocenters. The average Bonchev–Trinajstić information content (AvgIpc) is 2.67. The first-order chi connectivity index (χ1) is 13.4. The van der Waals surface area contributed by atoms with Crippen LogP contribution in [0.1, 0.15) is 18.5 Å². The molecule has 2 aromatic carbocycles. The highest BCUT2D eigenvalue weighted by Crippen LogP contribution is 2.48.